The second-order valence-electron chi connectivity index (χ2n) is 3.72. The van der Waals surface area contributed by atoms with Gasteiger partial charge in [0.25, 0.3) is 0 Å². The van der Waals surface area contributed by atoms with Crippen LogP contribution >= 0.6 is 0 Å². The molecule has 0 saturated carbocycles. The summed E-state index contributed by atoms with van der Waals surface area (Å²) in [6.45, 7) is 5.32. The van der Waals surface area contributed by atoms with Crippen LogP contribution in [-0.4, -0.2) is 28.6 Å². The maximum atomic E-state index is 11.0. The van der Waals surface area contributed by atoms with E-state index in [4.69, 9.17) is 0 Å². The monoisotopic (exact) mass is 204 g/mol. The molecule has 0 spiro atoms. The highest BCUT2D eigenvalue weighted by Gasteiger charge is 2.17. The molecule has 2 N–H and O–H groups in total. The van der Waals surface area contributed by atoms with Crippen LogP contribution in [-0.2, 0) is 9.53 Å². The Morgan fingerprint density at radius 2 is 1.93 bits per heavy atom. The first-order chi connectivity index (χ1) is 6.47. The van der Waals surface area contributed by atoms with Gasteiger partial charge in [0.15, 0.2) is 0 Å². The number of carbonyl (C=O) groups is 1. The van der Waals surface area contributed by atoms with Crippen molar-refractivity contribution in [2.75, 3.05) is 0 Å². The third kappa shape index (κ3) is 5.94. The van der Waals surface area contributed by atoms with Gasteiger partial charge in [-0.15, -0.1) is 0 Å². The number of ether oxygens (including phenoxy) is 1. The second kappa shape index (κ2) is 6.79. The van der Waals surface area contributed by atoms with E-state index in [9.17, 15) is 15.0 Å². The smallest absolute Gasteiger partial charge is 0.310 e. The lowest BCUT2D eigenvalue weighted by molar-refractivity contribution is -0.175. The number of aliphatic hydroxyl groups excluding tert-OH is 2. The highest BCUT2D eigenvalue weighted by atomic mass is 16.6. The molecular formula is C10H20O4. The zero-order chi connectivity index (χ0) is 11.1. The van der Waals surface area contributed by atoms with Crippen molar-refractivity contribution < 1.29 is 19.7 Å². The van der Waals surface area contributed by atoms with Gasteiger partial charge in [0, 0.05) is 6.42 Å². The summed E-state index contributed by atoms with van der Waals surface area (Å²) in [5.74, 6) is -0.700. The van der Waals surface area contributed by atoms with E-state index in [-0.39, 0.29) is 12.3 Å². The average molecular weight is 204 g/mol. The van der Waals surface area contributed by atoms with Gasteiger partial charge in [0.2, 0.25) is 6.29 Å². The summed E-state index contributed by atoms with van der Waals surface area (Å²) in [6.07, 6.45) is -0.254. The molecule has 0 heterocycles. The molecule has 0 aromatic carbocycles. The van der Waals surface area contributed by atoms with Gasteiger partial charge < -0.3 is 14.9 Å². The molecule has 4 nitrogen and oxygen atoms in total. The zero-order valence-electron chi connectivity index (χ0n) is 9.06. The van der Waals surface area contributed by atoms with E-state index >= 15 is 0 Å². The van der Waals surface area contributed by atoms with Crippen LogP contribution in [0.5, 0.6) is 0 Å². The van der Waals surface area contributed by atoms with E-state index in [1.807, 2.05) is 6.92 Å². The van der Waals surface area contributed by atoms with E-state index in [1.54, 1.807) is 13.8 Å². The van der Waals surface area contributed by atoms with Gasteiger partial charge in [-0.2, -0.15) is 0 Å². The minimum absolute atomic E-state index is 0.0896. The first-order valence-corrected chi connectivity index (χ1v) is 5.04. The Labute approximate surface area is 84.9 Å². The maximum absolute atomic E-state index is 11.0. The molecule has 0 fully saturated rings. The Hall–Kier alpha value is -0.610. The third-order valence-electron chi connectivity index (χ3n) is 1.82. The SMILES string of the molecule is CCCC(O)CC(O)OC(=O)C(C)C. The summed E-state index contributed by atoms with van der Waals surface area (Å²) in [5.41, 5.74) is 0. The van der Waals surface area contributed by atoms with Crippen molar-refractivity contribution >= 4 is 5.97 Å². The molecule has 0 aliphatic carbocycles. The van der Waals surface area contributed by atoms with Crippen LogP contribution in [0.2, 0.25) is 0 Å². The van der Waals surface area contributed by atoms with E-state index in [0.717, 1.165) is 6.42 Å². The molecule has 0 aromatic rings. The van der Waals surface area contributed by atoms with Crippen molar-refractivity contribution in [1.82, 2.24) is 0 Å². The summed E-state index contributed by atoms with van der Waals surface area (Å²) in [5, 5.41) is 18.6. The summed E-state index contributed by atoms with van der Waals surface area (Å²) < 4.78 is 4.69. The third-order valence-corrected chi connectivity index (χ3v) is 1.82. The second-order valence-corrected chi connectivity index (χ2v) is 3.72. The molecule has 0 aliphatic heterocycles. The number of aliphatic hydroxyl groups is 2. The van der Waals surface area contributed by atoms with Crippen LogP contribution in [0.1, 0.15) is 40.0 Å². The fourth-order valence-electron chi connectivity index (χ4n) is 1.00. The Morgan fingerprint density at radius 3 is 2.36 bits per heavy atom. The minimum Gasteiger partial charge on any atom is -0.436 e. The Balaban J connectivity index is 3.74. The molecule has 2 atom stereocenters. The van der Waals surface area contributed by atoms with Crippen molar-refractivity contribution in [2.24, 2.45) is 5.92 Å². The normalized spacial score (nSPS) is 15.3. The predicted octanol–water partition coefficient (Wildman–Crippen LogP) is 1.06. The van der Waals surface area contributed by atoms with Gasteiger partial charge in [0.05, 0.1) is 12.0 Å². The molecule has 0 aliphatic rings. The first-order valence-electron chi connectivity index (χ1n) is 5.04. The highest BCUT2D eigenvalue weighted by molar-refractivity contribution is 5.71. The van der Waals surface area contributed by atoms with Crippen LogP contribution in [0.15, 0.2) is 0 Å². The number of rotatable bonds is 6. The predicted molar refractivity (Wildman–Crippen MR) is 52.5 cm³/mol. The first kappa shape index (κ1) is 13.4. The number of hydrogen-bond acceptors (Lipinski definition) is 4. The highest BCUT2D eigenvalue weighted by Crippen LogP contribution is 2.08. The summed E-state index contributed by atoms with van der Waals surface area (Å²) in [4.78, 5) is 11.0. The van der Waals surface area contributed by atoms with Crippen molar-refractivity contribution in [3.63, 3.8) is 0 Å². The van der Waals surface area contributed by atoms with Gasteiger partial charge in [-0.25, -0.2) is 0 Å². The van der Waals surface area contributed by atoms with Gasteiger partial charge in [-0.05, 0) is 6.42 Å². The average Bonchev–Trinajstić information content (AvgIpc) is 2.03. The van der Waals surface area contributed by atoms with E-state index in [0.29, 0.717) is 6.42 Å². The van der Waals surface area contributed by atoms with Crippen molar-refractivity contribution in [2.45, 2.75) is 52.4 Å². The summed E-state index contributed by atoms with van der Waals surface area (Å²) in [6, 6.07) is 0. The van der Waals surface area contributed by atoms with Crippen LogP contribution in [0, 0.1) is 5.92 Å². The number of carbonyl (C=O) groups excluding carboxylic acids is 1. The van der Waals surface area contributed by atoms with Crippen molar-refractivity contribution in [3.05, 3.63) is 0 Å². The van der Waals surface area contributed by atoms with Crippen molar-refractivity contribution in [3.8, 4) is 0 Å². The van der Waals surface area contributed by atoms with Gasteiger partial charge >= 0.3 is 5.97 Å². The molecule has 0 rings (SSSR count). The standard InChI is InChI=1S/C10H20O4/c1-4-5-8(11)6-9(12)14-10(13)7(2)3/h7-9,11-12H,4-6H2,1-3H3. The minimum atomic E-state index is -1.19. The molecule has 0 amide bonds. The van der Waals surface area contributed by atoms with Gasteiger partial charge in [-0.3, -0.25) is 4.79 Å². The van der Waals surface area contributed by atoms with Gasteiger partial charge in [-0.1, -0.05) is 27.2 Å². The molecular weight excluding hydrogens is 184 g/mol. The zero-order valence-corrected chi connectivity index (χ0v) is 9.06. The maximum Gasteiger partial charge on any atom is 0.310 e. The molecule has 4 heteroatoms. The lowest BCUT2D eigenvalue weighted by Gasteiger charge is -2.16. The van der Waals surface area contributed by atoms with E-state index < -0.39 is 18.4 Å². The molecule has 0 bridgehead atoms. The lowest BCUT2D eigenvalue weighted by atomic mass is 10.1. The summed E-state index contributed by atoms with van der Waals surface area (Å²) in [7, 11) is 0. The molecule has 14 heavy (non-hydrogen) atoms. The summed E-state index contributed by atoms with van der Waals surface area (Å²) >= 11 is 0. The Morgan fingerprint density at radius 1 is 1.36 bits per heavy atom. The van der Waals surface area contributed by atoms with Crippen molar-refractivity contribution in [1.29, 1.82) is 0 Å². The largest absolute Gasteiger partial charge is 0.436 e. The Kier molecular flexibility index (Phi) is 6.49. The van der Waals surface area contributed by atoms with Crippen LogP contribution < -0.4 is 0 Å². The van der Waals surface area contributed by atoms with Gasteiger partial charge in [0.1, 0.15) is 0 Å². The van der Waals surface area contributed by atoms with Crippen LogP contribution in [0.3, 0.4) is 0 Å². The topological polar surface area (TPSA) is 66.8 Å². The van der Waals surface area contributed by atoms with E-state index in [1.165, 1.54) is 0 Å². The fourth-order valence-corrected chi connectivity index (χ4v) is 1.00. The number of esters is 1. The lowest BCUT2D eigenvalue weighted by Crippen LogP contribution is -2.25. The van der Waals surface area contributed by atoms with E-state index in [2.05, 4.69) is 4.74 Å². The quantitative estimate of drug-likeness (QED) is 0.501. The fraction of sp³-hybridized carbons (Fsp3) is 0.900. The molecule has 0 radical (unpaired) electrons. The number of hydrogen-bond donors (Lipinski definition) is 2. The molecule has 0 saturated heterocycles. The van der Waals surface area contributed by atoms with Crippen LogP contribution in [0.4, 0.5) is 0 Å². The molecule has 0 aromatic heterocycles. The molecule has 2 unspecified atom stereocenters. The Bertz CT molecular complexity index is 168. The molecule has 84 valence electrons. The van der Waals surface area contributed by atoms with Crippen LogP contribution in [0.25, 0.3) is 0 Å².